The number of amides is 3. The topological polar surface area (TPSA) is 151 Å². The number of hydrogen-bond donors (Lipinski definition) is 4. The summed E-state index contributed by atoms with van der Waals surface area (Å²) in [5.74, 6) is -0.995. The van der Waals surface area contributed by atoms with Crippen LogP contribution in [0.1, 0.15) is 52.5 Å². The molecule has 8 nitrogen and oxygen atoms in total. The molecule has 0 heterocycles. The molecule has 0 bridgehead atoms. The van der Waals surface area contributed by atoms with Gasteiger partial charge in [0.05, 0.1) is 14.6 Å². The van der Waals surface area contributed by atoms with E-state index in [9.17, 15) is 18.8 Å². The lowest BCUT2D eigenvalue weighted by molar-refractivity contribution is -0.120. The molecule has 3 rings (SSSR count). The van der Waals surface area contributed by atoms with Gasteiger partial charge in [-0.1, -0.05) is 69.8 Å². The van der Waals surface area contributed by atoms with Crippen molar-refractivity contribution in [3.8, 4) is 11.1 Å². The molecule has 0 aromatic heterocycles. The predicted molar refractivity (Wildman–Crippen MR) is 133 cm³/mol. The van der Waals surface area contributed by atoms with E-state index in [2.05, 4.69) is 29.6 Å². The first-order valence-electron chi connectivity index (χ1n) is 11.2. The Balaban J connectivity index is 0.000000898. The lowest BCUT2D eigenvalue weighted by atomic mass is 9.98. The van der Waals surface area contributed by atoms with Gasteiger partial charge in [0.1, 0.15) is 12.6 Å². The second-order valence-corrected chi connectivity index (χ2v) is 7.25. The summed E-state index contributed by atoms with van der Waals surface area (Å²) in [4.78, 5) is 33.2. The standard InChI is InChI=1S/C19H20N2O3.C4H10N2O.CH3F.CH4/c1-2-17(18(20)22)21-19(23)24-11-16-14-9-5-3-7-12(14)13-8-4-6-10-15(13)16;1-2-3(5)4(6)7;1-2;/h3-10,16-17H,2,11H2,1H3,(H2,20,22)(H,21,23);3H,2,5H2,1H3,(H2,6,7);1H3;1H4/t17-;3-;;/m00../s1/i;;1D;. The molecule has 0 unspecified atom stereocenters. The third kappa shape index (κ3) is 8.15. The molecule has 7 N–H and O–H groups in total. The fourth-order valence-corrected chi connectivity index (χ4v) is 3.36. The molecule has 34 heavy (non-hydrogen) atoms. The molecule has 2 aromatic rings. The van der Waals surface area contributed by atoms with Crippen LogP contribution < -0.4 is 22.5 Å². The van der Waals surface area contributed by atoms with Gasteiger partial charge in [0.25, 0.3) is 0 Å². The SMILES string of the molecule is C.CC[C@H](N)C(N)=O.CC[C@H](NC(=O)OCC1c2ccccc2-c2ccccc21)C(N)=O.[2H]CF. The molecule has 0 fully saturated rings. The number of rotatable bonds is 7. The molecule has 0 radical (unpaired) electrons. The molecule has 3 amide bonds. The van der Waals surface area contributed by atoms with Crippen molar-refractivity contribution < 1.29 is 24.9 Å². The van der Waals surface area contributed by atoms with E-state index in [1.54, 1.807) is 6.92 Å². The highest BCUT2D eigenvalue weighted by molar-refractivity contribution is 5.84. The number of fused-ring (bicyclic) bond motifs is 3. The van der Waals surface area contributed by atoms with E-state index in [0.29, 0.717) is 12.8 Å². The third-order valence-corrected chi connectivity index (χ3v) is 5.19. The Morgan fingerprint density at radius 2 is 1.47 bits per heavy atom. The highest BCUT2D eigenvalue weighted by Crippen LogP contribution is 2.44. The van der Waals surface area contributed by atoms with Gasteiger partial charge in [-0.25, -0.2) is 4.79 Å². The average molecular weight is 478 g/mol. The summed E-state index contributed by atoms with van der Waals surface area (Å²) in [6.07, 6.45) is 0.428. The zero-order chi connectivity index (χ0) is 25.7. The van der Waals surface area contributed by atoms with Crippen molar-refractivity contribution >= 4 is 17.9 Å². The molecule has 1 aliphatic carbocycles. The van der Waals surface area contributed by atoms with E-state index in [1.807, 2.05) is 31.2 Å². The number of carbonyl (C=O) groups is 3. The van der Waals surface area contributed by atoms with E-state index in [1.165, 1.54) is 11.1 Å². The minimum absolute atomic E-state index is 0. The van der Waals surface area contributed by atoms with Crippen molar-refractivity contribution in [1.82, 2.24) is 5.32 Å². The number of hydrogen-bond acceptors (Lipinski definition) is 5. The predicted octanol–water partition coefficient (Wildman–Crippen LogP) is 3.22. The van der Waals surface area contributed by atoms with Gasteiger partial charge >= 0.3 is 6.09 Å². The third-order valence-electron chi connectivity index (χ3n) is 5.19. The molecule has 188 valence electrons. The largest absolute Gasteiger partial charge is 0.449 e. The molecule has 2 aromatic carbocycles. The molecule has 0 spiro atoms. The van der Waals surface area contributed by atoms with Crippen molar-refractivity contribution in [2.45, 2.75) is 52.1 Å². The minimum Gasteiger partial charge on any atom is -0.449 e. The smallest absolute Gasteiger partial charge is 0.407 e. The average Bonchev–Trinajstić information content (AvgIpc) is 3.15. The van der Waals surface area contributed by atoms with Crippen LogP contribution in [0.15, 0.2) is 48.5 Å². The summed E-state index contributed by atoms with van der Waals surface area (Å²) >= 11 is 0. The van der Waals surface area contributed by atoms with Crippen LogP contribution in [0, 0.1) is 0 Å². The number of benzene rings is 2. The Morgan fingerprint density at radius 3 is 1.82 bits per heavy atom. The Bertz CT molecular complexity index is 915. The van der Waals surface area contributed by atoms with Crippen LogP contribution in [0.25, 0.3) is 11.1 Å². The number of nitrogens with two attached hydrogens (primary N) is 3. The van der Waals surface area contributed by atoms with Crippen LogP contribution in [0.5, 0.6) is 0 Å². The van der Waals surface area contributed by atoms with Crippen molar-refractivity contribution in [3.63, 3.8) is 0 Å². The highest BCUT2D eigenvalue weighted by Gasteiger charge is 2.29. The number of ether oxygens (including phenoxy) is 1. The quantitative estimate of drug-likeness (QED) is 0.483. The minimum atomic E-state index is -1.00. The van der Waals surface area contributed by atoms with Gasteiger partial charge in [-0.05, 0) is 35.1 Å². The van der Waals surface area contributed by atoms with Crippen molar-refractivity contribution in [3.05, 3.63) is 59.7 Å². The Labute approximate surface area is 202 Å². The molecule has 0 aliphatic heterocycles. The zero-order valence-corrected chi connectivity index (χ0v) is 18.9. The monoisotopic (exact) mass is 477 g/mol. The Morgan fingerprint density at radius 1 is 1.00 bits per heavy atom. The maximum atomic E-state index is 12.0. The fourth-order valence-electron chi connectivity index (χ4n) is 3.36. The highest BCUT2D eigenvalue weighted by atomic mass is 19.1. The van der Waals surface area contributed by atoms with E-state index in [-0.39, 0.29) is 20.0 Å². The molecule has 2 atom stereocenters. The van der Waals surface area contributed by atoms with Gasteiger partial charge in [-0.3, -0.25) is 14.0 Å². The van der Waals surface area contributed by atoms with Gasteiger partial charge in [0, 0.05) is 5.92 Å². The molecular weight excluding hydrogens is 439 g/mol. The first-order chi connectivity index (χ1) is 16.2. The number of carbonyl (C=O) groups excluding carboxylic acids is 3. The number of nitrogens with one attached hydrogen (secondary N) is 1. The first-order valence-corrected chi connectivity index (χ1v) is 10.5. The lowest BCUT2D eigenvalue weighted by Gasteiger charge is -2.17. The number of alkyl halides is 1. The zero-order valence-electron chi connectivity index (χ0n) is 19.9. The van der Waals surface area contributed by atoms with Crippen molar-refractivity contribution in [2.24, 2.45) is 17.2 Å². The van der Waals surface area contributed by atoms with Gasteiger partial charge in [0.15, 0.2) is 0 Å². The summed E-state index contributed by atoms with van der Waals surface area (Å²) in [7, 11) is -1.00. The van der Waals surface area contributed by atoms with E-state index >= 15 is 0 Å². The fraction of sp³-hybridized carbons (Fsp3) is 0.400. The van der Waals surface area contributed by atoms with E-state index < -0.39 is 37.1 Å². The Kier molecular flexibility index (Phi) is 12.9. The maximum Gasteiger partial charge on any atom is 0.407 e. The summed E-state index contributed by atoms with van der Waals surface area (Å²) in [6.45, 7) is 3.81. The van der Waals surface area contributed by atoms with Crippen molar-refractivity contribution in [2.75, 3.05) is 13.8 Å². The summed E-state index contributed by atoms with van der Waals surface area (Å²) in [5, 5.41) is 2.50. The molecule has 1 aliphatic rings. The van der Waals surface area contributed by atoms with Crippen LogP contribution in [-0.2, 0) is 14.3 Å². The van der Waals surface area contributed by atoms with Crippen LogP contribution in [0.2, 0.25) is 0 Å². The number of alkyl carbamates (subject to hydrolysis) is 1. The first kappa shape index (κ1) is 28.6. The van der Waals surface area contributed by atoms with Crippen LogP contribution in [-0.4, -0.2) is 43.8 Å². The van der Waals surface area contributed by atoms with Crippen molar-refractivity contribution in [1.29, 1.82) is 0 Å². The van der Waals surface area contributed by atoms with Crippen LogP contribution in [0.4, 0.5) is 9.18 Å². The summed E-state index contributed by atoms with van der Waals surface area (Å²) in [6, 6.07) is 15.1. The second kappa shape index (κ2) is 15.4. The number of primary amides is 2. The van der Waals surface area contributed by atoms with E-state index in [4.69, 9.17) is 23.3 Å². The van der Waals surface area contributed by atoms with Crippen LogP contribution >= 0.6 is 0 Å². The van der Waals surface area contributed by atoms with E-state index in [0.717, 1.165) is 11.1 Å². The molecule has 0 saturated carbocycles. The molecule has 0 saturated heterocycles. The van der Waals surface area contributed by atoms with Gasteiger partial charge < -0.3 is 27.3 Å². The lowest BCUT2D eigenvalue weighted by Crippen LogP contribution is -2.44. The maximum absolute atomic E-state index is 12.0. The second-order valence-electron chi connectivity index (χ2n) is 7.25. The van der Waals surface area contributed by atoms with Gasteiger partial charge in [0.2, 0.25) is 11.8 Å². The number of halogens is 1. The van der Waals surface area contributed by atoms with Crippen LogP contribution in [0.3, 0.4) is 0 Å². The van der Waals surface area contributed by atoms with Gasteiger partial charge in [-0.15, -0.1) is 0 Å². The normalized spacial score (nSPS) is 13.0. The van der Waals surface area contributed by atoms with Gasteiger partial charge in [-0.2, -0.15) is 0 Å². The summed E-state index contributed by atoms with van der Waals surface area (Å²) < 4.78 is 20.9. The Hall–Kier alpha value is -3.46. The summed E-state index contributed by atoms with van der Waals surface area (Å²) in [5.41, 5.74) is 19.8. The molecule has 9 heteroatoms. The molecular formula is C25H37FN4O4.